The standard InChI is InChI=1S/C14H24N4O/c1-9-12(6-5-7-15-9)14(19)16-8-13-10(2)17-18(4)11(13)3/h9,12,15H,5-8H2,1-4H3,(H,16,19). The number of carbonyl (C=O) groups is 1. The van der Waals surface area contributed by atoms with Crippen LogP contribution < -0.4 is 10.6 Å². The van der Waals surface area contributed by atoms with Crippen molar-refractivity contribution in [1.82, 2.24) is 20.4 Å². The van der Waals surface area contributed by atoms with Gasteiger partial charge in [-0.15, -0.1) is 0 Å². The molecule has 0 aromatic carbocycles. The van der Waals surface area contributed by atoms with Crippen LogP contribution in [0, 0.1) is 19.8 Å². The molecule has 1 aliphatic rings. The molecule has 1 aromatic rings. The van der Waals surface area contributed by atoms with Gasteiger partial charge in [0.2, 0.25) is 5.91 Å². The fourth-order valence-electron chi connectivity index (χ4n) is 2.78. The molecule has 0 radical (unpaired) electrons. The first-order chi connectivity index (χ1) is 9.00. The number of carbonyl (C=O) groups excluding carboxylic acids is 1. The Morgan fingerprint density at radius 3 is 2.84 bits per heavy atom. The third kappa shape index (κ3) is 2.97. The third-order valence-electron chi connectivity index (χ3n) is 4.20. The van der Waals surface area contributed by atoms with Gasteiger partial charge in [-0.3, -0.25) is 9.48 Å². The van der Waals surface area contributed by atoms with Crippen LogP contribution in [0.25, 0.3) is 0 Å². The molecule has 0 bridgehead atoms. The molecule has 0 aliphatic carbocycles. The van der Waals surface area contributed by atoms with Crippen LogP contribution in [0.2, 0.25) is 0 Å². The first-order valence-corrected chi connectivity index (χ1v) is 7.01. The molecule has 0 spiro atoms. The van der Waals surface area contributed by atoms with Gasteiger partial charge in [0.25, 0.3) is 0 Å². The second-order valence-electron chi connectivity index (χ2n) is 5.48. The summed E-state index contributed by atoms with van der Waals surface area (Å²) in [5, 5.41) is 10.8. The summed E-state index contributed by atoms with van der Waals surface area (Å²) in [6, 6.07) is 0.268. The Labute approximate surface area is 114 Å². The van der Waals surface area contributed by atoms with E-state index in [4.69, 9.17) is 0 Å². The number of rotatable bonds is 3. The van der Waals surface area contributed by atoms with Gasteiger partial charge in [0.15, 0.2) is 0 Å². The third-order valence-corrected chi connectivity index (χ3v) is 4.20. The van der Waals surface area contributed by atoms with E-state index in [1.807, 2.05) is 25.6 Å². The summed E-state index contributed by atoms with van der Waals surface area (Å²) < 4.78 is 1.86. The summed E-state index contributed by atoms with van der Waals surface area (Å²) in [4.78, 5) is 12.2. The van der Waals surface area contributed by atoms with Crippen molar-refractivity contribution in [3.8, 4) is 0 Å². The predicted molar refractivity (Wildman–Crippen MR) is 74.7 cm³/mol. The summed E-state index contributed by atoms with van der Waals surface area (Å²) in [5.74, 6) is 0.244. The van der Waals surface area contributed by atoms with Crippen LogP contribution in [0.5, 0.6) is 0 Å². The van der Waals surface area contributed by atoms with Gasteiger partial charge in [-0.25, -0.2) is 0 Å². The van der Waals surface area contributed by atoms with Crippen molar-refractivity contribution < 1.29 is 4.79 Å². The van der Waals surface area contributed by atoms with Crippen molar-refractivity contribution in [3.63, 3.8) is 0 Å². The average molecular weight is 264 g/mol. The van der Waals surface area contributed by atoms with Crippen molar-refractivity contribution in [2.45, 2.75) is 46.2 Å². The molecule has 5 nitrogen and oxygen atoms in total. The highest BCUT2D eigenvalue weighted by Crippen LogP contribution is 2.17. The Balaban J connectivity index is 1.96. The minimum atomic E-state index is 0.0889. The van der Waals surface area contributed by atoms with Crippen molar-refractivity contribution in [3.05, 3.63) is 17.0 Å². The smallest absolute Gasteiger partial charge is 0.224 e. The van der Waals surface area contributed by atoms with Gasteiger partial charge < -0.3 is 10.6 Å². The number of hydrogen-bond acceptors (Lipinski definition) is 3. The SMILES string of the molecule is Cc1nn(C)c(C)c1CNC(=O)C1CCCNC1C. The number of piperidine rings is 1. The van der Waals surface area contributed by atoms with E-state index >= 15 is 0 Å². The van der Waals surface area contributed by atoms with Gasteiger partial charge in [0.05, 0.1) is 11.6 Å². The van der Waals surface area contributed by atoms with E-state index < -0.39 is 0 Å². The maximum Gasteiger partial charge on any atom is 0.224 e. The number of hydrogen-bond donors (Lipinski definition) is 2. The number of aromatic nitrogens is 2. The molecule has 1 aliphatic heterocycles. The molecule has 5 heteroatoms. The summed E-state index contributed by atoms with van der Waals surface area (Å²) in [6.07, 6.45) is 2.05. The zero-order valence-electron chi connectivity index (χ0n) is 12.3. The van der Waals surface area contributed by atoms with Gasteiger partial charge in [0.1, 0.15) is 0 Å². The predicted octanol–water partition coefficient (Wildman–Crippen LogP) is 1.04. The lowest BCUT2D eigenvalue weighted by molar-refractivity contribution is -0.126. The fourth-order valence-corrected chi connectivity index (χ4v) is 2.78. The lowest BCUT2D eigenvalue weighted by atomic mass is 9.91. The Hall–Kier alpha value is -1.36. The highest BCUT2D eigenvalue weighted by Gasteiger charge is 2.27. The second kappa shape index (κ2) is 5.74. The van der Waals surface area contributed by atoms with Gasteiger partial charge >= 0.3 is 0 Å². The normalized spacial score (nSPS) is 23.4. The average Bonchev–Trinajstić information content (AvgIpc) is 2.61. The Morgan fingerprint density at radius 2 is 2.26 bits per heavy atom. The van der Waals surface area contributed by atoms with Crippen molar-refractivity contribution >= 4 is 5.91 Å². The Kier molecular flexibility index (Phi) is 4.24. The quantitative estimate of drug-likeness (QED) is 0.857. The molecule has 1 fully saturated rings. The van der Waals surface area contributed by atoms with Crippen molar-refractivity contribution in [2.75, 3.05) is 6.54 Å². The van der Waals surface area contributed by atoms with E-state index in [1.165, 1.54) is 0 Å². The summed E-state index contributed by atoms with van der Waals surface area (Å²) >= 11 is 0. The fraction of sp³-hybridized carbons (Fsp3) is 0.714. The summed E-state index contributed by atoms with van der Waals surface area (Å²) in [6.45, 7) is 7.70. The largest absolute Gasteiger partial charge is 0.352 e. The molecular formula is C14H24N4O. The van der Waals surface area contributed by atoms with E-state index in [2.05, 4.69) is 22.7 Å². The molecule has 0 saturated carbocycles. The van der Waals surface area contributed by atoms with Crippen LogP contribution in [0.15, 0.2) is 0 Å². The van der Waals surface area contributed by atoms with Crippen LogP contribution in [0.4, 0.5) is 0 Å². The number of nitrogens with zero attached hydrogens (tertiary/aromatic N) is 2. The van der Waals surface area contributed by atoms with E-state index in [1.54, 1.807) is 0 Å². The van der Waals surface area contributed by atoms with Crippen LogP contribution in [0.1, 0.15) is 36.7 Å². The molecule has 2 heterocycles. The minimum Gasteiger partial charge on any atom is -0.352 e. The first kappa shape index (κ1) is 14.1. The maximum absolute atomic E-state index is 12.2. The van der Waals surface area contributed by atoms with Crippen LogP contribution in [-0.4, -0.2) is 28.3 Å². The molecule has 1 saturated heterocycles. The molecule has 2 atom stereocenters. The van der Waals surface area contributed by atoms with Crippen molar-refractivity contribution in [2.24, 2.45) is 13.0 Å². The van der Waals surface area contributed by atoms with E-state index in [0.29, 0.717) is 6.54 Å². The highest BCUT2D eigenvalue weighted by atomic mass is 16.1. The van der Waals surface area contributed by atoms with Gasteiger partial charge in [-0.05, 0) is 40.2 Å². The molecule has 106 valence electrons. The number of amides is 1. The van der Waals surface area contributed by atoms with Crippen LogP contribution >= 0.6 is 0 Å². The van der Waals surface area contributed by atoms with Gasteiger partial charge in [-0.1, -0.05) is 0 Å². The molecular weight excluding hydrogens is 240 g/mol. The molecule has 2 rings (SSSR count). The van der Waals surface area contributed by atoms with Crippen LogP contribution in [0.3, 0.4) is 0 Å². The van der Waals surface area contributed by atoms with Crippen molar-refractivity contribution in [1.29, 1.82) is 0 Å². The molecule has 2 N–H and O–H groups in total. The zero-order chi connectivity index (χ0) is 14.0. The van der Waals surface area contributed by atoms with Crippen LogP contribution in [-0.2, 0) is 18.4 Å². The Morgan fingerprint density at radius 1 is 1.53 bits per heavy atom. The van der Waals surface area contributed by atoms with E-state index in [0.717, 1.165) is 36.3 Å². The topological polar surface area (TPSA) is 59.0 Å². The van der Waals surface area contributed by atoms with E-state index in [-0.39, 0.29) is 17.9 Å². The van der Waals surface area contributed by atoms with E-state index in [9.17, 15) is 4.79 Å². The maximum atomic E-state index is 12.2. The first-order valence-electron chi connectivity index (χ1n) is 7.01. The Bertz CT molecular complexity index is 466. The molecule has 1 aromatic heterocycles. The number of nitrogens with one attached hydrogen (secondary N) is 2. The minimum absolute atomic E-state index is 0.0889. The summed E-state index contributed by atoms with van der Waals surface area (Å²) in [7, 11) is 1.93. The zero-order valence-corrected chi connectivity index (χ0v) is 12.3. The van der Waals surface area contributed by atoms with Gasteiger partial charge in [-0.2, -0.15) is 5.10 Å². The summed E-state index contributed by atoms with van der Waals surface area (Å²) in [5.41, 5.74) is 3.25. The monoisotopic (exact) mass is 264 g/mol. The molecule has 19 heavy (non-hydrogen) atoms. The molecule has 1 amide bonds. The molecule has 2 unspecified atom stereocenters. The lowest BCUT2D eigenvalue weighted by Crippen LogP contribution is -2.46. The second-order valence-corrected chi connectivity index (χ2v) is 5.48. The van der Waals surface area contributed by atoms with Gasteiger partial charge in [0, 0.05) is 30.9 Å². The number of aryl methyl sites for hydroxylation is 2. The lowest BCUT2D eigenvalue weighted by Gasteiger charge is -2.28. The highest BCUT2D eigenvalue weighted by molar-refractivity contribution is 5.79.